The molecule has 0 radical (unpaired) electrons. The highest BCUT2D eigenvalue weighted by Crippen LogP contribution is 2.39. The van der Waals surface area contributed by atoms with Crippen molar-refractivity contribution in [3.05, 3.63) is 23.8 Å². The quantitative estimate of drug-likeness (QED) is 0.730. The molecule has 1 aromatic carbocycles. The number of benzene rings is 1. The fourth-order valence-corrected chi connectivity index (χ4v) is 4.18. The first-order valence-electron chi connectivity index (χ1n) is 7.00. The van der Waals surface area contributed by atoms with Crippen LogP contribution in [-0.4, -0.2) is 51.1 Å². The van der Waals surface area contributed by atoms with Gasteiger partial charge in [-0.15, -0.1) is 0 Å². The number of ether oxygens (including phenoxy) is 2. The molecule has 8 heteroatoms. The number of rotatable bonds is 3. The van der Waals surface area contributed by atoms with E-state index in [1.807, 2.05) is 0 Å². The number of morpholine rings is 1. The summed E-state index contributed by atoms with van der Waals surface area (Å²) >= 11 is 0. The van der Waals surface area contributed by atoms with E-state index < -0.39 is 28.0 Å². The Hall–Kier alpha value is -1.64. The molecular formula is C14H16NO6S-. The summed E-state index contributed by atoms with van der Waals surface area (Å²) in [6, 6.07) is 4.43. The van der Waals surface area contributed by atoms with Gasteiger partial charge in [0.25, 0.3) is 0 Å². The van der Waals surface area contributed by atoms with E-state index >= 15 is 0 Å². The lowest BCUT2D eigenvalue weighted by molar-refractivity contribution is -0.313. The Morgan fingerprint density at radius 3 is 2.64 bits per heavy atom. The monoisotopic (exact) mass is 326 g/mol. The number of hydrogen-bond acceptors (Lipinski definition) is 6. The standard InChI is InChI=1S/C14H17NO6S/c1-9-11-8-10(2-3-12(11)21-13(9)14(16)17)22(18,19)15-4-6-20-7-5-15/h2-3,8-9,13H,4-7H2,1H3,(H,16,17)/p-1. The minimum absolute atomic E-state index is 0.141. The summed E-state index contributed by atoms with van der Waals surface area (Å²) in [6.07, 6.45) is -1.09. The van der Waals surface area contributed by atoms with Crippen LogP contribution in [0.15, 0.2) is 23.1 Å². The molecule has 1 fully saturated rings. The highest BCUT2D eigenvalue weighted by Gasteiger charge is 2.34. The molecule has 2 atom stereocenters. The van der Waals surface area contributed by atoms with Crippen LogP contribution in [-0.2, 0) is 19.6 Å². The van der Waals surface area contributed by atoms with Gasteiger partial charge in [-0.2, -0.15) is 4.31 Å². The average molecular weight is 326 g/mol. The van der Waals surface area contributed by atoms with Crippen molar-refractivity contribution in [1.82, 2.24) is 4.31 Å². The lowest BCUT2D eigenvalue weighted by atomic mass is 9.98. The number of carboxylic acids is 1. The summed E-state index contributed by atoms with van der Waals surface area (Å²) in [5, 5.41) is 11.0. The minimum Gasteiger partial charge on any atom is -0.546 e. The Morgan fingerprint density at radius 1 is 1.32 bits per heavy atom. The van der Waals surface area contributed by atoms with Gasteiger partial charge in [-0.1, -0.05) is 6.92 Å². The Bertz CT molecular complexity index is 695. The van der Waals surface area contributed by atoms with Crippen LogP contribution in [0.2, 0.25) is 0 Å². The number of carbonyl (C=O) groups excluding carboxylic acids is 1. The van der Waals surface area contributed by atoms with Gasteiger partial charge < -0.3 is 19.4 Å². The second-order valence-electron chi connectivity index (χ2n) is 5.36. The van der Waals surface area contributed by atoms with E-state index in [9.17, 15) is 18.3 Å². The van der Waals surface area contributed by atoms with Gasteiger partial charge in [0.05, 0.1) is 24.1 Å². The first-order valence-corrected chi connectivity index (χ1v) is 8.44. The molecule has 1 saturated heterocycles. The molecule has 3 rings (SSSR count). The summed E-state index contributed by atoms with van der Waals surface area (Å²) in [6.45, 7) is 3.05. The first-order chi connectivity index (χ1) is 10.4. The average Bonchev–Trinajstić information content (AvgIpc) is 2.85. The van der Waals surface area contributed by atoms with E-state index in [1.54, 1.807) is 6.92 Å². The van der Waals surface area contributed by atoms with E-state index in [-0.39, 0.29) is 4.90 Å². The van der Waals surface area contributed by atoms with Crippen molar-refractivity contribution < 1.29 is 27.8 Å². The van der Waals surface area contributed by atoms with E-state index in [0.717, 1.165) is 0 Å². The van der Waals surface area contributed by atoms with Crippen LogP contribution in [0.5, 0.6) is 5.75 Å². The van der Waals surface area contributed by atoms with Crippen LogP contribution in [0.3, 0.4) is 0 Å². The molecule has 120 valence electrons. The van der Waals surface area contributed by atoms with E-state index in [0.29, 0.717) is 37.6 Å². The summed E-state index contributed by atoms with van der Waals surface area (Å²) in [5.41, 5.74) is 0.573. The molecule has 0 amide bonds. The lowest BCUT2D eigenvalue weighted by Gasteiger charge is -2.26. The van der Waals surface area contributed by atoms with Crippen LogP contribution in [0.4, 0.5) is 0 Å². The number of hydrogen-bond donors (Lipinski definition) is 0. The smallest absolute Gasteiger partial charge is 0.243 e. The molecule has 7 nitrogen and oxygen atoms in total. The molecule has 0 aliphatic carbocycles. The van der Waals surface area contributed by atoms with Gasteiger partial charge in [0.1, 0.15) is 11.9 Å². The third kappa shape index (κ3) is 2.47. The Labute approximate surface area is 128 Å². The van der Waals surface area contributed by atoms with Crippen molar-refractivity contribution in [2.75, 3.05) is 26.3 Å². The molecule has 0 bridgehead atoms. The highest BCUT2D eigenvalue weighted by molar-refractivity contribution is 7.89. The van der Waals surface area contributed by atoms with Gasteiger partial charge in [0.2, 0.25) is 10.0 Å². The molecule has 22 heavy (non-hydrogen) atoms. The van der Waals surface area contributed by atoms with Crippen LogP contribution in [0.25, 0.3) is 0 Å². The molecule has 2 aliphatic rings. The Kier molecular flexibility index (Phi) is 3.84. The third-order valence-electron chi connectivity index (χ3n) is 4.02. The van der Waals surface area contributed by atoms with Gasteiger partial charge in [0.15, 0.2) is 0 Å². The maximum absolute atomic E-state index is 12.6. The van der Waals surface area contributed by atoms with Gasteiger partial charge in [0, 0.05) is 24.6 Å². The second kappa shape index (κ2) is 5.53. The van der Waals surface area contributed by atoms with E-state index in [4.69, 9.17) is 9.47 Å². The molecular weight excluding hydrogens is 310 g/mol. The number of carboxylic acid groups (broad SMARTS) is 1. The van der Waals surface area contributed by atoms with E-state index in [1.165, 1.54) is 22.5 Å². The minimum atomic E-state index is -3.61. The highest BCUT2D eigenvalue weighted by atomic mass is 32.2. The van der Waals surface area contributed by atoms with Crippen molar-refractivity contribution in [2.24, 2.45) is 0 Å². The van der Waals surface area contributed by atoms with Gasteiger partial charge in [-0.05, 0) is 18.2 Å². The molecule has 0 spiro atoms. The zero-order valence-electron chi connectivity index (χ0n) is 12.0. The molecule has 2 heterocycles. The third-order valence-corrected chi connectivity index (χ3v) is 5.91. The van der Waals surface area contributed by atoms with Gasteiger partial charge >= 0.3 is 0 Å². The summed E-state index contributed by atoms with van der Waals surface area (Å²) in [5.74, 6) is -1.37. The van der Waals surface area contributed by atoms with E-state index in [2.05, 4.69) is 0 Å². The van der Waals surface area contributed by atoms with Crippen molar-refractivity contribution in [1.29, 1.82) is 0 Å². The zero-order chi connectivity index (χ0) is 15.9. The number of nitrogens with zero attached hydrogens (tertiary/aromatic N) is 1. The maximum atomic E-state index is 12.6. The number of aliphatic carboxylic acids is 1. The molecule has 0 N–H and O–H groups in total. The van der Waals surface area contributed by atoms with Crippen LogP contribution in [0.1, 0.15) is 18.4 Å². The summed E-state index contributed by atoms with van der Waals surface area (Å²) < 4.78 is 37.1. The van der Waals surface area contributed by atoms with Crippen LogP contribution in [0, 0.1) is 0 Å². The van der Waals surface area contributed by atoms with Gasteiger partial charge in [-0.25, -0.2) is 8.42 Å². The molecule has 2 aliphatic heterocycles. The van der Waals surface area contributed by atoms with Crippen LogP contribution >= 0.6 is 0 Å². The molecule has 0 saturated carbocycles. The second-order valence-corrected chi connectivity index (χ2v) is 7.30. The summed E-state index contributed by atoms with van der Waals surface area (Å²) in [7, 11) is -3.61. The van der Waals surface area contributed by atoms with Gasteiger partial charge in [-0.3, -0.25) is 0 Å². The molecule has 2 unspecified atom stereocenters. The predicted molar refractivity (Wildman–Crippen MR) is 73.9 cm³/mol. The van der Waals surface area contributed by atoms with Crippen LogP contribution < -0.4 is 9.84 Å². The Balaban J connectivity index is 1.93. The maximum Gasteiger partial charge on any atom is 0.243 e. The first kappa shape index (κ1) is 15.3. The molecule has 0 aromatic heterocycles. The normalized spacial score (nSPS) is 25.5. The number of fused-ring (bicyclic) bond motifs is 1. The van der Waals surface area contributed by atoms with Crippen molar-refractivity contribution in [3.8, 4) is 5.75 Å². The molecule has 1 aromatic rings. The predicted octanol–water partition coefficient (Wildman–Crippen LogP) is -0.678. The summed E-state index contributed by atoms with van der Waals surface area (Å²) in [4.78, 5) is 11.2. The van der Waals surface area contributed by atoms with Crippen molar-refractivity contribution in [3.63, 3.8) is 0 Å². The SMILES string of the molecule is CC1c2cc(S(=O)(=O)N3CCOCC3)ccc2OC1C(=O)[O-]. The Morgan fingerprint density at radius 2 is 2.00 bits per heavy atom. The fourth-order valence-electron chi connectivity index (χ4n) is 2.74. The number of carbonyl (C=O) groups is 1. The number of sulfonamides is 1. The fraction of sp³-hybridized carbons (Fsp3) is 0.500. The lowest BCUT2D eigenvalue weighted by Crippen LogP contribution is -2.40. The largest absolute Gasteiger partial charge is 0.546 e. The zero-order valence-corrected chi connectivity index (χ0v) is 12.8. The van der Waals surface area contributed by atoms with Crippen molar-refractivity contribution in [2.45, 2.75) is 23.8 Å². The topological polar surface area (TPSA) is 96.0 Å². The van der Waals surface area contributed by atoms with Crippen molar-refractivity contribution >= 4 is 16.0 Å².